The summed E-state index contributed by atoms with van der Waals surface area (Å²) in [5, 5.41) is 9.03. The molecule has 0 bridgehead atoms. The van der Waals surface area contributed by atoms with Crippen molar-refractivity contribution in [2.45, 2.75) is 25.2 Å². The molecule has 9 nitrogen and oxygen atoms in total. The zero-order valence-electron chi connectivity index (χ0n) is 10.9. The number of fused-ring (bicyclic) bond motifs is 1. The molecule has 2 aromatic heterocycles. The van der Waals surface area contributed by atoms with Crippen LogP contribution >= 0.6 is 0 Å². The van der Waals surface area contributed by atoms with Gasteiger partial charge < -0.3 is 25.2 Å². The van der Waals surface area contributed by atoms with Crippen LogP contribution in [0.15, 0.2) is 6.33 Å². The van der Waals surface area contributed by atoms with E-state index in [1.54, 1.807) is 0 Å². The van der Waals surface area contributed by atoms with Crippen LogP contribution in [0.1, 0.15) is 12.8 Å². The van der Waals surface area contributed by atoms with Gasteiger partial charge >= 0.3 is 0 Å². The van der Waals surface area contributed by atoms with E-state index < -0.39 is 6.29 Å². The number of hydrogen-bond acceptors (Lipinski definition) is 8. The lowest BCUT2D eigenvalue weighted by Gasteiger charge is -2.14. The van der Waals surface area contributed by atoms with Gasteiger partial charge in [0.1, 0.15) is 6.33 Å². The Hall–Kier alpha value is -2.13. The third-order valence-corrected chi connectivity index (χ3v) is 3.05. The van der Waals surface area contributed by atoms with Gasteiger partial charge in [-0.05, 0) is 6.42 Å². The maximum Gasteiger partial charge on any atom is 0.247 e. The van der Waals surface area contributed by atoms with Crippen molar-refractivity contribution < 1.29 is 19.4 Å². The van der Waals surface area contributed by atoms with Crippen LogP contribution in [-0.2, 0) is 4.74 Å². The van der Waals surface area contributed by atoms with Crippen LogP contribution < -0.4 is 15.3 Å². The number of aliphatic hydroxyl groups excluding tert-OH is 1. The van der Waals surface area contributed by atoms with Crippen molar-refractivity contribution in [2.75, 3.05) is 19.5 Å². The molecule has 108 valence electrons. The molecule has 1 saturated heterocycles. The number of aliphatic hydroxyl groups is 1. The summed E-state index contributed by atoms with van der Waals surface area (Å²) in [6.07, 6.45) is 2.24. The molecular formula is C11H15N5O4. The summed E-state index contributed by atoms with van der Waals surface area (Å²) in [6, 6.07) is 0. The largest absolute Gasteiger partial charge is 0.479 e. The molecule has 2 aromatic rings. The standard InChI is InChI=1S/C11H15N5O4/c1-18-10-8-9(14-11(12)15-10)16(5-13-8)20-7-3-2-6(4-17)19-7/h5-7,17H,2-4H2,1H3,(H2,12,14,15)/t6-,7+/m0/s1. The predicted molar refractivity (Wildman–Crippen MR) is 67.8 cm³/mol. The van der Waals surface area contributed by atoms with E-state index in [9.17, 15) is 0 Å². The van der Waals surface area contributed by atoms with Crippen LogP contribution in [0.4, 0.5) is 5.95 Å². The number of anilines is 1. The Morgan fingerprint density at radius 3 is 3.05 bits per heavy atom. The smallest absolute Gasteiger partial charge is 0.247 e. The molecule has 0 saturated carbocycles. The van der Waals surface area contributed by atoms with E-state index in [0.717, 1.165) is 6.42 Å². The number of nitrogen functional groups attached to an aromatic ring is 1. The minimum Gasteiger partial charge on any atom is -0.479 e. The fraction of sp³-hybridized carbons (Fsp3) is 0.545. The molecule has 3 N–H and O–H groups in total. The molecule has 1 aliphatic heterocycles. The first kappa shape index (κ1) is 12.9. The lowest BCUT2D eigenvalue weighted by molar-refractivity contribution is -0.140. The topological polar surface area (TPSA) is 118 Å². The quantitative estimate of drug-likeness (QED) is 0.758. The van der Waals surface area contributed by atoms with Crippen LogP contribution in [0, 0.1) is 0 Å². The van der Waals surface area contributed by atoms with Gasteiger partial charge in [0.05, 0.1) is 19.8 Å². The summed E-state index contributed by atoms with van der Waals surface area (Å²) in [5.41, 5.74) is 6.48. The van der Waals surface area contributed by atoms with Gasteiger partial charge in [0.2, 0.25) is 23.8 Å². The van der Waals surface area contributed by atoms with Crippen molar-refractivity contribution in [3.63, 3.8) is 0 Å². The van der Waals surface area contributed by atoms with Crippen molar-refractivity contribution in [1.82, 2.24) is 19.7 Å². The van der Waals surface area contributed by atoms with E-state index in [1.807, 2.05) is 0 Å². The Morgan fingerprint density at radius 2 is 2.35 bits per heavy atom. The third kappa shape index (κ3) is 2.21. The Kier molecular flexibility index (Phi) is 3.28. The number of methoxy groups -OCH3 is 1. The highest BCUT2D eigenvalue weighted by atomic mass is 16.8. The molecule has 0 aliphatic carbocycles. The summed E-state index contributed by atoms with van der Waals surface area (Å²) in [5.74, 6) is 0.357. The average Bonchev–Trinajstić information content (AvgIpc) is 3.06. The highest BCUT2D eigenvalue weighted by Gasteiger charge is 2.27. The highest BCUT2D eigenvalue weighted by Crippen LogP contribution is 2.23. The Labute approximate surface area is 114 Å². The van der Waals surface area contributed by atoms with Gasteiger partial charge in [-0.15, -0.1) is 4.73 Å². The first-order chi connectivity index (χ1) is 9.71. The highest BCUT2D eigenvalue weighted by molar-refractivity contribution is 5.77. The van der Waals surface area contributed by atoms with E-state index in [2.05, 4.69) is 15.0 Å². The van der Waals surface area contributed by atoms with Crippen molar-refractivity contribution in [2.24, 2.45) is 0 Å². The molecule has 0 spiro atoms. The zero-order valence-corrected chi connectivity index (χ0v) is 10.9. The monoisotopic (exact) mass is 281 g/mol. The average molecular weight is 281 g/mol. The summed E-state index contributed by atoms with van der Waals surface area (Å²) in [7, 11) is 1.48. The van der Waals surface area contributed by atoms with E-state index in [1.165, 1.54) is 18.2 Å². The number of aromatic nitrogens is 4. The van der Waals surface area contributed by atoms with Gasteiger partial charge in [-0.2, -0.15) is 9.97 Å². The zero-order chi connectivity index (χ0) is 14.1. The summed E-state index contributed by atoms with van der Waals surface area (Å²) < 4.78 is 12.0. The number of hydrogen-bond donors (Lipinski definition) is 2. The molecule has 0 aromatic carbocycles. The second kappa shape index (κ2) is 5.10. The van der Waals surface area contributed by atoms with Gasteiger partial charge in [-0.25, -0.2) is 4.98 Å². The second-order valence-electron chi connectivity index (χ2n) is 4.39. The normalized spacial score (nSPS) is 22.3. The first-order valence-electron chi connectivity index (χ1n) is 6.19. The molecule has 1 fully saturated rings. The van der Waals surface area contributed by atoms with Crippen LogP contribution in [0.25, 0.3) is 11.2 Å². The maximum atomic E-state index is 9.03. The van der Waals surface area contributed by atoms with E-state index in [0.29, 0.717) is 17.6 Å². The van der Waals surface area contributed by atoms with Gasteiger partial charge in [0, 0.05) is 6.42 Å². The molecular weight excluding hydrogens is 266 g/mol. The van der Waals surface area contributed by atoms with Gasteiger partial charge in [-0.3, -0.25) is 0 Å². The molecule has 1 aliphatic rings. The molecule has 0 amide bonds. The number of imidazole rings is 1. The lowest BCUT2D eigenvalue weighted by Crippen LogP contribution is -2.26. The Balaban J connectivity index is 1.87. The Morgan fingerprint density at radius 1 is 1.50 bits per heavy atom. The maximum absolute atomic E-state index is 9.03. The van der Waals surface area contributed by atoms with Gasteiger partial charge in [-0.1, -0.05) is 0 Å². The first-order valence-corrected chi connectivity index (χ1v) is 6.19. The third-order valence-electron chi connectivity index (χ3n) is 3.05. The second-order valence-corrected chi connectivity index (χ2v) is 4.39. The number of rotatable bonds is 4. The van der Waals surface area contributed by atoms with Crippen LogP contribution in [0.2, 0.25) is 0 Å². The summed E-state index contributed by atoms with van der Waals surface area (Å²) in [6.45, 7) is -0.0204. The number of nitrogens with two attached hydrogens (primary N) is 1. The SMILES string of the molecule is COc1nc(N)nc2c1ncn2O[C@@H]1CC[C@@H](CO)O1. The van der Waals surface area contributed by atoms with Crippen LogP contribution in [-0.4, -0.2) is 50.9 Å². The van der Waals surface area contributed by atoms with Crippen molar-refractivity contribution in [3.05, 3.63) is 6.33 Å². The molecule has 2 atom stereocenters. The fourth-order valence-electron chi connectivity index (χ4n) is 2.10. The van der Waals surface area contributed by atoms with Gasteiger partial charge in [0.15, 0.2) is 5.52 Å². The fourth-order valence-corrected chi connectivity index (χ4v) is 2.10. The summed E-state index contributed by atoms with van der Waals surface area (Å²) in [4.78, 5) is 17.8. The van der Waals surface area contributed by atoms with Crippen LogP contribution in [0.3, 0.4) is 0 Å². The van der Waals surface area contributed by atoms with Crippen molar-refractivity contribution in [1.29, 1.82) is 0 Å². The van der Waals surface area contributed by atoms with Gasteiger partial charge in [0.25, 0.3) is 0 Å². The van der Waals surface area contributed by atoms with Crippen LogP contribution in [0.5, 0.6) is 5.88 Å². The van der Waals surface area contributed by atoms with Crippen molar-refractivity contribution in [3.8, 4) is 5.88 Å². The molecule has 0 unspecified atom stereocenters. The van der Waals surface area contributed by atoms with E-state index in [-0.39, 0.29) is 24.5 Å². The lowest BCUT2D eigenvalue weighted by atomic mass is 10.2. The molecule has 0 radical (unpaired) electrons. The Bertz CT molecular complexity index is 616. The molecule has 3 heterocycles. The minimum absolute atomic E-state index is 0.0204. The number of nitrogens with zero attached hydrogens (tertiary/aromatic N) is 4. The van der Waals surface area contributed by atoms with E-state index in [4.69, 9.17) is 25.2 Å². The van der Waals surface area contributed by atoms with E-state index >= 15 is 0 Å². The molecule has 9 heteroatoms. The predicted octanol–water partition coefficient (Wildman–Crippen LogP) is -0.657. The summed E-state index contributed by atoms with van der Waals surface area (Å²) >= 11 is 0. The molecule has 3 rings (SSSR count). The van der Waals surface area contributed by atoms with Crippen molar-refractivity contribution >= 4 is 17.1 Å². The minimum atomic E-state index is -0.452. The molecule has 20 heavy (non-hydrogen) atoms. The number of ether oxygens (including phenoxy) is 2.